The highest BCUT2D eigenvalue weighted by molar-refractivity contribution is 14.1. The van der Waals surface area contributed by atoms with Crippen LogP contribution in [0.1, 0.15) is 44.3 Å². The Morgan fingerprint density at radius 1 is 1.28 bits per heavy atom. The lowest BCUT2D eigenvalue weighted by Crippen LogP contribution is -2.08. The van der Waals surface area contributed by atoms with E-state index in [4.69, 9.17) is 9.47 Å². The molecule has 0 fully saturated rings. The van der Waals surface area contributed by atoms with Gasteiger partial charge in [-0.25, -0.2) is 0 Å². The minimum absolute atomic E-state index is 0.148. The molecule has 0 aliphatic heterocycles. The second kappa shape index (κ2) is 9.75. The molecule has 2 nitrogen and oxygen atoms in total. The summed E-state index contributed by atoms with van der Waals surface area (Å²) < 4.78 is 12.1. The Morgan fingerprint density at radius 2 is 2.06 bits per heavy atom. The van der Waals surface area contributed by atoms with E-state index < -0.39 is 0 Å². The molecular formula is C15H22IO2. The highest BCUT2D eigenvalue weighted by Crippen LogP contribution is 2.27. The molecule has 0 N–H and O–H groups in total. The second-order valence-corrected chi connectivity index (χ2v) is 5.44. The van der Waals surface area contributed by atoms with Crippen LogP contribution in [0, 0.1) is 9.99 Å². The summed E-state index contributed by atoms with van der Waals surface area (Å²) in [6, 6.07) is 8.40. The van der Waals surface area contributed by atoms with E-state index in [1.54, 1.807) is 7.11 Å². The fourth-order valence-electron chi connectivity index (χ4n) is 1.89. The quantitative estimate of drug-likeness (QED) is 0.359. The zero-order chi connectivity index (χ0) is 13.2. The standard InChI is InChI=1S/C15H22IO2/c1-3-4-5-6-11-15(18-12-17-2)13-9-7-8-10-14(13)16/h3,7-10,15H,4-6,11-12H2,1-2H3/t15-/m0/s1. The summed E-state index contributed by atoms with van der Waals surface area (Å²) in [7, 11) is 1.67. The monoisotopic (exact) mass is 361 g/mol. The van der Waals surface area contributed by atoms with E-state index >= 15 is 0 Å². The van der Waals surface area contributed by atoms with Crippen molar-refractivity contribution in [1.82, 2.24) is 0 Å². The van der Waals surface area contributed by atoms with Crippen LogP contribution in [0.5, 0.6) is 0 Å². The molecule has 1 aromatic rings. The second-order valence-electron chi connectivity index (χ2n) is 4.28. The maximum absolute atomic E-state index is 5.80. The molecule has 0 aromatic heterocycles. The predicted octanol–water partition coefficient (Wildman–Crippen LogP) is 4.74. The summed E-state index contributed by atoms with van der Waals surface area (Å²) in [5, 5.41) is 0. The predicted molar refractivity (Wildman–Crippen MR) is 83.3 cm³/mol. The fourth-order valence-corrected chi connectivity index (χ4v) is 2.63. The van der Waals surface area contributed by atoms with E-state index in [0.717, 1.165) is 6.42 Å². The summed E-state index contributed by atoms with van der Waals surface area (Å²) in [5.41, 5.74) is 1.27. The third kappa shape index (κ3) is 5.67. The summed E-state index contributed by atoms with van der Waals surface area (Å²) in [6.45, 7) is 2.47. The van der Waals surface area contributed by atoms with Gasteiger partial charge in [-0.3, -0.25) is 0 Å². The number of methoxy groups -OCH3 is 1. The van der Waals surface area contributed by atoms with E-state index in [1.807, 2.05) is 0 Å². The summed E-state index contributed by atoms with van der Waals surface area (Å²) in [6.07, 6.45) is 7.02. The van der Waals surface area contributed by atoms with Gasteiger partial charge in [0.1, 0.15) is 6.79 Å². The molecule has 0 amide bonds. The number of benzene rings is 1. The van der Waals surface area contributed by atoms with Crippen LogP contribution in [0.3, 0.4) is 0 Å². The van der Waals surface area contributed by atoms with Crippen LogP contribution in [0.15, 0.2) is 24.3 Å². The molecule has 101 valence electrons. The number of halogens is 1. The number of unbranched alkanes of at least 4 members (excludes halogenated alkanes) is 3. The molecule has 3 heteroatoms. The molecule has 0 saturated heterocycles. The first-order chi connectivity index (χ1) is 8.79. The van der Waals surface area contributed by atoms with Gasteiger partial charge >= 0.3 is 0 Å². The van der Waals surface area contributed by atoms with Crippen LogP contribution < -0.4 is 0 Å². The molecule has 0 heterocycles. The minimum atomic E-state index is 0.148. The van der Waals surface area contributed by atoms with E-state index in [2.05, 4.69) is 60.2 Å². The molecule has 0 aliphatic rings. The molecule has 1 atom stereocenters. The highest BCUT2D eigenvalue weighted by atomic mass is 127. The molecule has 0 unspecified atom stereocenters. The Morgan fingerprint density at radius 3 is 2.72 bits per heavy atom. The first kappa shape index (κ1) is 15.9. The van der Waals surface area contributed by atoms with Crippen molar-refractivity contribution in [2.24, 2.45) is 0 Å². The molecule has 1 rings (SSSR count). The van der Waals surface area contributed by atoms with Gasteiger partial charge in [0.25, 0.3) is 0 Å². The van der Waals surface area contributed by atoms with Crippen LogP contribution in [0.2, 0.25) is 0 Å². The van der Waals surface area contributed by atoms with Crippen molar-refractivity contribution >= 4 is 22.6 Å². The van der Waals surface area contributed by atoms with Gasteiger partial charge in [-0.05, 0) is 47.1 Å². The normalized spacial score (nSPS) is 12.6. The zero-order valence-corrected chi connectivity index (χ0v) is 13.4. The van der Waals surface area contributed by atoms with Gasteiger partial charge in [0, 0.05) is 10.7 Å². The number of rotatable bonds is 9. The van der Waals surface area contributed by atoms with Gasteiger partial charge < -0.3 is 9.47 Å². The lowest BCUT2D eigenvalue weighted by atomic mass is 10.0. The van der Waals surface area contributed by atoms with E-state index in [0.29, 0.717) is 6.79 Å². The van der Waals surface area contributed by atoms with Crippen molar-refractivity contribution in [3.63, 3.8) is 0 Å². The Bertz CT molecular complexity index is 328. The number of hydrogen-bond acceptors (Lipinski definition) is 2. The Labute approximate surface area is 124 Å². The van der Waals surface area contributed by atoms with Crippen LogP contribution >= 0.6 is 22.6 Å². The summed E-state index contributed by atoms with van der Waals surface area (Å²) in [4.78, 5) is 0. The largest absolute Gasteiger partial charge is 0.359 e. The lowest BCUT2D eigenvalue weighted by Gasteiger charge is -2.19. The van der Waals surface area contributed by atoms with Gasteiger partial charge in [-0.1, -0.05) is 44.4 Å². The van der Waals surface area contributed by atoms with Gasteiger partial charge in [-0.15, -0.1) is 0 Å². The fraction of sp³-hybridized carbons (Fsp3) is 0.533. The van der Waals surface area contributed by atoms with Crippen molar-refractivity contribution in [2.75, 3.05) is 13.9 Å². The van der Waals surface area contributed by atoms with E-state index in [-0.39, 0.29) is 6.10 Å². The third-order valence-corrected chi connectivity index (χ3v) is 3.83. The van der Waals surface area contributed by atoms with Crippen LogP contribution in [-0.2, 0) is 9.47 Å². The van der Waals surface area contributed by atoms with E-state index in [9.17, 15) is 0 Å². The van der Waals surface area contributed by atoms with Crippen LogP contribution in [0.25, 0.3) is 0 Å². The maximum Gasteiger partial charge on any atom is 0.147 e. The Kier molecular flexibility index (Phi) is 8.63. The minimum Gasteiger partial charge on any atom is -0.359 e. The van der Waals surface area contributed by atoms with Crippen molar-refractivity contribution in [3.05, 3.63) is 39.8 Å². The van der Waals surface area contributed by atoms with Crippen molar-refractivity contribution in [2.45, 2.75) is 38.7 Å². The molecule has 1 radical (unpaired) electrons. The zero-order valence-electron chi connectivity index (χ0n) is 11.2. The molecular weight excluding hydrogens is 339 g/mol. The van der Waals surface area contributed by atoms with Gasteiger partial charge in [0.05, 0.1) is 6.10 Å². The number of ether oxygens (including phenoxy) is 2. The molecule has 0 aliphatic carbocycles. The van der Waals surface area contributed by atoms with Crippen molar-refractivity contribution < 1.29 is 9.47 Å². The Hall–Kier alpha value is -0.130. The van der Waals surface area contributed by atoms with Crippen LogP contribution in [0.4, 0.5) is 0 Å². The lowest BCUT2D eigenvalue weighted by molar-refractivity contribution is -0.0767. The topological polar surface area (TPSA) is 18.5 Å². The first-order valence-corrected chi connectivity index (χ1v) is 7.50. The molecule has 0 saturated carbocycles. The van der Waals surface area contributed by atoms with Gasteiger partial charge in [0.15, 0.2) is 0 Å². The average molecular weight is 361 g/mol. The van der Waals surface area contributed by atoms with Crippen LogP contribution in [-0.4, -0.2) is 13.9 Å². The third-order valence-electron chi connectivity index (χ3n) is 2.85. The summed E-state index contributed by atoms with van der Waals surface area (Å²) >= 11 is 2.37. The molecule has 0 spiro atoms. The average Bonchev–Trinajstić information content (AvgIpc) is 2.39. The maximum atomic E-state index is 5.80. The van der Waals surface area contributed by atoms with Crippen molar-refractivity contribution in [1.29, 1.82) is 0 Å². The summed E-state index contributed by atoms with van der Waals surface area (Å²) in [5.74, 6) is 0. The first-order valence-electron chi connectivity index (χ1n) is 6.42. The van der Waals surface area contributed by atoms with Crippen molar-refractivity contribution in [3.8, 4) is 0 Å². The van der Waals surface area contributed by atoms with E-state index in [1.165, 1.54) is 28.4 Å². The number of hydrogen-bond donors (Lipinski definition) is 0. The highest BCUT2D eigenvalue weighted by Gasteiger charge is 2.14. The Balaban J connectivity index is 2.57. The van der Waals surface area contributed by atoms with Gasteiger partial charge in [0.2, 0.25) is 0 Å². The molecule has 0 bridgehead atoms. The molecule has 18 heavy (non-hydrogen) atoms. The van der Waals surface area contributed by atoms with Gasteiger partial charge in [-0.2, -0.15) is 0 Å². The SMILES string of the molecule is C[CH]CCCC[C@H](OCOC)c1ccccc1I. The smallest absolute Gasteiger partial charge is 0.147 e. The molecule has 1 aromatic carbocycles.